The number of halogens is 2. The summed E-state index contributed by atoms with van der Waals surface area (Å²) >= 11 is -0.834. The molecule has 0 N–H and O–H groups in total. The van der Waals surface area contributed by atoms with Gasteiger partial charge in [-0.25, -0.2) is 0 Å². The van der Waals surface area contributed by atoms with Crippen molar-refractivity contribution in [3.63, 3.8) is 0 Å². The van der Waals surface area contributed by atoms with E-state index in [4.69, 9.17) is 0 Å². The van der Waals surface area contributed by atoms with E-state index in [1.807, 2.05) is 0 Å². The predicted octanol–water partition coefficient (Wildman–Crippen LogP) is 2.42. The van der Waals surface area contributed by atoms with Gasteiger partial charge in [-0.1, -0.05) is 0 Å². The average molecular weight is 603 g/mol. The third kappa shape index (κ3) is 4.04. The fraction of sp³-hybridized carbons (Fsp3) is 0.125. The number of hydrogen-bond donors (Lipinski definition) is 0. The second kappa shape index (κ2) is 10.6. The topological polar surface area (TPSA) is 0 Å². The van der Waals surface area contributed by atoms with E-state index in [1.165, 1.54) is 39.5 Å². The molecule has 0 fully saturated rings. The van der Waals surface area contributed by atoms with Gasteiger partial charge in [-0.05, 0) is 0 Å². The standard InChI is InChI=1S/C17H14P.C15H11.2ClH.Zr/c1-2-18-13-10-12-6-5-8-14(16(12)11-13)15-7-3-4-9-17(15)18;1-2-6-12(7-3-1)14-10-4-8-13-9-5-11-15(13)14;;;/h3-11H,2H2,1H3;1-11H;2*1H;/q;;;;+2/p-2. The Morgan fingerprint density at radius 1 is 0.694 bits per heavy atom. The first kappa shape index (κ1) is 25.9. The van der Waals surface area contributed by atoms with E-state index in [9.17, 15) is 0 Å². The maximum absolute atomic E-state index is 2.62. The molecule has 2 aliphatic carbocycles. The second-order valence-electron chi connectivity index (χ2n) is 9.25. The van der Waals surface area contributed by atoms with Gasteiger partial charge >= 0.3 is 216 Å². The van der Waals surface area contributed by atoms with Crippen LogP contribution in [0.15, 0.2) is 102 Å². The van der Waals surface area contributed by atoms with E-state index < -0.39 is 23.2 Å². The minimum absolute atomic E-state index is 0. The molecule has 2 bridgehead atoms. The molecule has 0 amide bonds. The Balaban J connectivity index is 0.00000133. The van der Waals surface area contributed by atoms with Gasteiger partial charge in [0.2, 0.25) is 0 Å². The third-order valence-electron chi connectivity index (χ3n) is 7.51. The molecule has 4 aromatic carbocycles. The number of allylic oxidation sites excluding steroid dienone is 2. The van der Waals surface area contributed by atoms with Gasteiger partial charge in [-0.2, -0.15) is 0 Å². The molecule has 4 heteroatoms. The summed E-state index contributed by atoms with van der Waals surface area (Å²) in [5.74, 6) is 0. The van der Waals surface area contributed by atoms with Crippen LogP contribution in [0, 0.1) is 0 Å². The number of hydrogen-bond acceptors (Lipinski definition) is 0. The quantitative estimate of drug-likeness (QED) is 0.315. The van der Waals surface area contributed by atoms with Crippen LogP contribution in [0.5, 0.6) is 0 Å². The summed E-state index contributed by atoms with van der Waals surface area (Å²) in [6, 6.07) is 34.1. The van der Waals surface area contributed by atoms with Crippen molar-refractivity contribution >= 4 is 25.4 Å². The van der Waals surface area contributed by atoms with Crippen molar-refractivity contribution in [3.05, 3.63) is 125 Å². The Kier molecular flexibility index (Phi) is 7.59. The van der Waals surface area contributed by atoms with E-state index in [1.54, 1.807) is 21.7 Å². The van der Waals surface area contributed by atoms with Gasteiger partial charge in [-0.3, -0.25) is 0 Å². The molecule has 0 saturated carbocycles. The minimum Gasteiger partial charge on any atom is -1.00 e. The number of fused-ring (bicyclic) bond motifs is 3. The first-order chi connectivity index (χ1) is 16.8. The second-order valence-corrected chi connectivity index (χ2v) is 15.5. The fourth-order valence-electron chi connectivity index (χ4n) is 5.99. The van der Waals surface area contributed by atoms with E-state index in [0.717, 1.165) is 0 Å². The summed E-state index contributed by atoms with van der Waals surface area (Å²) in [7, 11) is -0.265. The smallest absolute Gasteiger partial charge is 1.00 e. The molecular weight excluding hydrogens is 577 g/mol. The molecule has 0 aromatic heterocycles. The Morgan fingerprint density at radius 3 is 2.19 bits per heavy atom. The zero-order valence-corrected chi connectivity index (χ0v) is 24.8. The maximum Gasteiger partial charge on any atom is -1.00 e. The van der Waals surface area contributed by atoms with Gasteiger partial charge < -0.3 is 24.8 Å². The van der Waals surface area contributed by atoms with Crippen molar-refractivity contribution in [2.45, 2.75) is 14.2 Å². The Hall–Kier alpha value is -1.75. The Bertz CT molecular complexity index is 1490. The van der Waals surface area contributed by atoms with E-state index in [-0.39, 0.29) is 32.7 Å². The molecule has 0 spiro atoms. The van der Waals surface area contributed by atoms with Crippen LogP contribution in [-0.2, 0) is 23.2 Å². The monoisotopic (exact) mass is 600 g/mol. The van der Waals surface area contributed by atoms with E-state index in [2.05, 4.69) is 116 Å². The zero-order valence-electron chi connectivity index (χ0n) is 20.0. The van der Waals surface area contributed by atoms with Crippen LogP contribution in [0.1, 0.15) is 36.4 Å². The van der Waals surface area contributed by atoms with Gasteiger partial charge in [0.05, 0.1) is 0 Å². The van der Waals surface area contributed by atoms with Crippen molar-refractivity contribution in [2.24, 2.45) is 0 Å². The Labute approximate surface area is 239 Å². The van der Waals surface area contributed by atoms with Crippen LogP contribution >= 0.6 is 7.92 Å². The minimum atomic E-state index is -0.834. The maximum atomic E-state index is 2.62. The van der Waals surface area contributed by atoms with Gasteiger partial charge in [0.25, 0.3) is 0 Å². The molecule has 0 radical (unpaired) electrons. The largest absolute Gasteiger partial charge is 1.00 e. The van der Waals surface area contributed by atoms with E-state index in [0.29, 0.717) is 7.25 Å². The van der Waals surface area contributed by atoms with Crippen LogP contribution in [-0.4, -0.2) is 6.16 Å². The zero-order chi connectivity index (χ0) is 22.6. The van der Waals surface area contributed by atoms with Gasteiger partial charge in [0, 0.05) is 0 Å². The van der Waals surface area contributed by atoms with Crippen LogP contribution in [0.4, 0.5) is 0 Å². The van der Waals surface area contributed by atoms with Crippen molar-refractivity contribution in [3.8, 4) is 22.3 Å². The van der Waals surface area contributed by atoms with Crippen molar-refractivity contribution in [1.29, 1.82) is 0 Å². The SMILES string of the molecule is CCP1C2=Cc3c(cccc3[CH]2[Zr+2][CH]2C=Cc3c(-c4ccccc4)cccc32)-c2ccccc21.[Cl-].[Cl-]. The van der Waals surface area contributed by atoms with Gasteiger partial charge in [-0.15, -0.1) is 0 Å². The van der Waals surface area contributed by atoms with Crippen LogP contribution < -0.4 is 30.1 Å². The number of benzene rings is 4. The first-order valence-electron chi connectivity index (χ1n) is 12.2. The summed E-state index contributed by atoms with van der Waals surface area (Å²) in [4.78, 5) is 0. The molecule has 36 heavy (non-hydrogen) atoms. The molecule has 3 aliphatic rings. The summed E-state index contributed by atoms with van der Waals surface area (Å²) < 4.78 is 1.31. The molecule has 3 unspecified atom stereocenters. The van der Waals surface area contributed by atoms with Gasteiger partial charge in [0.1, 0.15) is 0 Å². The summed E-state index contributed by atoms with van der Waals surface area (Å²) in [5.41, 5.74) is 11.8. The molecule has 1 heterocycles. The molecule has 3 atom stereocenters. The van der Waals surface area contributed by atoms with Crippen LogP contribution in [0.3, 0.4) is 0 Å². The van der Waals surface area contributed by atoms with Crippen molar-refractivity contribution < 1.29 is 48.0 Å². The third-order valence-corrected chi connectivity index (χ3v) is 15.2. The molecule has 7 rings (SSSR count). The van der Waals surface area contributed by atoms with Crippen molar-refractivity contribution in [2.75, 3.05) is 6.16 Å². The van der Waals surface area contributed by atoms with E-state index >= 15 is 0 Å². The molecular formula is C32H25Cl2PZr. The fourth-order valence-corrected chi connectivity index (χ4v) is 14.2. The molecule has 1 aliphatic heterocycles. The molecule has 0 saturated heterocycles. The molecule has 176 valence electrons. The van der Waals surface area contributed by atoms with Gasteiger partial charge in [0.15, 0.2) is 0 Å². The number of rotatable bonds is 4. The normalized spacial score (nSPS) is 19.7. The molecule has 4 aromatic rings. The first-order valence-corrected chi connectivity index (χ1v) is 16.5. The predicted molar refractivity (Wildman–Crippen MR) is 143 cm³/mol. The average Bonchev–Trinajstić information content (AvgIpc) is 3.43. The van der Waals surface area contributed by atoms with Crippen LogP contribution in [0.2, 0.25) is 0 Å². The molecule has 0 nitrogen and oxygen atoms in total. The summed E-state index contributed by atoms with van der Waals surface area (Å²) in [6.07, 6.45) is 8.81. The Morgan fingerprint density at radius 2 is 1.39 bits per heavy atom. The summed E-state index contributed by atoms with van der Waals surface area (Å²) in [5, 5.41) is 3.36. The van der Waals surface area contributed by atoms with Crippen molar-refractivity contribution in [1.82, 2.24) is 0 Å². The van der Waals surface area contributed by atoms with Crippen LogP contribution in [0.25, 0.3) is 34.4 Å². The summed E-state index contributed by atoms with van der Waals surface area (Å²) in [6.45, 7) is 2.40.